The molecule has 1 saturated heterocycles. The van der Waals surface area contributed by atoms with Gasteiger partial charge < -0.3 is 20.4 Å². The van der Waals surface area contributed by atoms with Crippen molar-refractivity contribution in [2.75, 3.05) is 19.6 Å². The highest BCUT2D eigenvalue weighted by Crippen LogP contribution is 2.33. The summed E-state index contributed by atoms with van der Waals surface area (Å²) in [4.78, 5) is 27.4. The van der Waals surface area contributed by atoms with E-state index in [9.17, 15) is 9.59 Å². The topological polar surface area (TPSA) is 88.6 Å². The molecule has 1 saturated carbocycles. The molecule has 3 N–H and O–H groups in total. The molecule has 2 aliphatic rings. The van der Waals surface area contributed by atoms with Gasteiger partial charge in [0.15, 0.2) is 5.76 Å². The number of benzene rings is 1. The Morgan fingerprint density at radius 2 is 2.00 bits per heavy atom. The summed E-state index contributed by atoms with van der Waals surface area (Å²) in [5.41, 5.74) is 6.55. The number of hydrogen-bond acceptors (Lipinski definition) is 4. The Hall–Kier alpha value is -2.05. The summed E-state index contributed by atoms with van der Waals surface area (Å²) in [6.45, 7) is 1.92. The van der Waals surface area contributed by atoms with E-state index in [1.807, 2.05) is 29.2 Å². The van der Waals surface area contributed by atoms with E-state index in [0.717, 1.165) is 44.0 Å². The van der Waals surface area contributed by atoms with Gasteiger partial charge in [-0.15, -0.1) is 12.4 Å². The molecule has 7 heteroatoms. The highest BCUT2D eigenvalue weighted by atomic mass is 35.5. The number of furan rings is 1. The Bertz CT molecular complexity index is 804. The first-order valence-electron chi connectivity index (χ1n) is 9.94. The van der Waals surface area contributed by atoms with Crippen molar-refractivity contribution in [2.45, 2.75) is 38.1 Å². The monoisotopic (exact) mass is 405 g/mol. The van der Waals surface area contributed by atoms with E-state index >= 15 is 0 Å². The summed E-state index contributed by atoms with van der Waals surface area (Å²) in [6, 6.07) is 9.30. The number of para-hydroxylation sites is 1. The van der Waals surface area contributed by atoms with Crippen molar-refractivity contribution < 1.29 is 14.0 Å². The van der Waals surface area contributed by atoms with E-state index in [0.29, 0.717) is 30.4 Å². The van der Waals surface area contributed by atoms with Gasteiger partial charge in [0.05, 0.1) is 0 Å². The zero-order valence-corrected chi connectivity index (χ0v) is 16.7. The summed E-state index contributed by atoms with van der Waals surface area (Å²) in [5.74, 6) is 0.679. The lowest BCUT2D eigenvalue weighted by Gasteiger charge is -2.35. The summed E-state index contributed by atoms with van der Waals surface area (Å²) < 4.78 is 5.65. The molecule has 2 aromatic rings. The van der Waals surface area contributed by atoms with Gasteiger partial charge in [-0.3, -0.25) is 9.59 Å². The van der Waals surface area contributed by atoms with Crippen molar-refractivity contribution in [1.29, 1.82) is 0 Å². The highest BCUT2D eigenvalue weighted by Gasteiger charge is 2.36. The van der Waals surface area contributed by atoms with Crippen LogP contribution in [0, 0.1) is 11.8 Å². The maximum absolute atomic E-state index is 12.9. The number of carbonyl (C=O) groups excluding carboxylic acids is 2. The lowest BCUT2D eigenvalue weighted by atomic mass is 9.93. The predicted molar refractivity (Wildman–Crippen MR) is 110 cm³/mol. The van der Waals surface area contributed by atoms with Gasteiger partial charge in [-0.05, 0) is 50.3 Å². The van der Waals surface area contributed by atoms with Crippen LogP contribution in [0.15, 0.2) is 34.7 Å². The second-order valence-corrected chi connectivity index (χ2v) is 7.78. The van der Waals surface area contributed by atoms with Crippen LogP contribution in [-0.2, 0) is 4.79 Å². The maximum Gasteiger partial charge on any atom is 0.287 e. The number of rotatable bonds is 4. The van der Waals surface area contributed by atoms with Crippen molar-refractivity contribution in [1.82, 2.24) is 10.2 Å². The van der Waals surface area contributed by atoms with Gasteiger partial charge in [-0.25, -0.2) is 0 Å². The number of likely N-dealkylation sites (tertiary alicyclic amines) is 1. The van der Waals surface area contributed by atoms with Crippen molar-refractivity contribution in [3.63, 3.8) is 0 Å². The Labute approximate surface area is 171 Å². The van der Waals surface area contributed by atoms with Crippen LogP contribution in [0.5, 0.6) is 0 Å². The molecular weight excluding hydrogens is 378 g/mol. The van der Waals surface area contributed by atoms with Crippen LogP contribution < -0.4 is 11.1 Å². The zero-order chi connectivity index (χ0) is 18.8. The number of halogens is 1. The van der Waals surface area contributed by atoms with Crippen LogP contribution in [0.1, 0.15) is 42.7 Å². The third-order valence-electron chi connectivity index (χ3n) is 6.00. The minimum atomic E-state index is -0.216. The first kappa shape index (κ1) is 20.7. The van der Waals surface area contributed by atoms with Crippen LogP contribution in [0.3, 0.4) is 0 Å². The van der Waals surface area contributed by atoms with E-state index in [2.05, 4.69) is 5.32 Å². The van der Waals surface area contributed by atoms with Crippen LogP contribution in [0.4, 0.5) is 0 Å². The van der Waals surface area contributed by atoms with E-state index in [4.69, 9.17) is 10.2 Å². The minimum absolute atomic E-state index is 0. The largest absolute Gasteiger partial charge is 0.451 e. The van der Waals surface area contributed by atoms with Gasteiger partial charge in [-0.1, -0.05) is 24.6 Å². The van der Waals surface area contributed by atoms with Crippen LogP contribution in [-0.4, -0.2) is 42.4 Å². The lowest BCUT2D eigenvalue weighted by molar-refractivity contribution is -0.138. The second-order valence-electron chi connectivity index (χ2n) is 7.78. The fraction of sp³-hybridized carbons (Fsp3) is 0.524. The van der Waals surface area contributed by atoms with Crippen molar-refractivity contribution >= 4 is 35.2 Å². The van der Waals surface area contributed by atoms with Crippen LogP contribution >= 0.6 is 12.4 Å². The Balaban J connectivity index is 0.00000225. The Kier molecular flexibility index (Phi) is 6.62. The first-order valence-corrected chi connectivity index (χ1v) is 9.94. The molecule has 1 aromatic carbocycles. The van der Waals surface area contributed by atoms with E-state index in [1.165, 1.54) is 0 Å². The molecule has 1 aromatic heterocycles. The number of nitrogens with zero attached hydrogens (tertiary/aromatic N) is 1. The maximum atomic E-state index is 12.9. The molecule has 2 amide bonds. The molecule has 0 bridgehead atoms. The fourth-order valence-electron chi connectivity index (χ4n) is 4.52. The average Bonchev–Trinajstić information content (AvgIpc) is 3.34. The highest BCUT2D eigenvalue weighted by molar-refractivity contribution is 5.96. The first-order chi connectivity index (χ1) is 13.2. The average molecular weight is 406 g/mol. The lowest BCUT2D eigenvalue weighted by Crippen LogP contribution is -2.51. The minimum Gasteiger partial charge on any atom is -0.451 e. The molecule has 0 radical (unpaired) electrons. The molecule has 1 unspecified atom stereocenters. The summed E-state index contributed by atoms with van der Waals surface area (Å²) >= 11 is 0. The number of carbonyl (C=O) groups is 2. The van der Waals surface area contributed by atoms with Crippen LogP contribution in [0.25, 0.3) is 11.0 Å². The summed E-state index contributed by atoms with van der Waals surface area (Å²) in [6.07, 6.45) is 4.84. The number of piperidine rings is 1. The van der Waals surface area contributed by atoms with Gasteiger partial charge in [0.1, 0.15) is 5.58 Å². The van der Waals surface area contributed by atoms with E-state index in [-0.39, 0.29) is 36.2 Å². The number of nitrogens with two attached hydrogens (primary N) is 1. The second kappa shape index (κ2) is 8.97. The molecule has 4 rings (SSSR count). The standard InChI is InChI=1S/C21H27N3O3.ClH/c22-12-15-6-3-8-17(15)21(26)24-10-4-7-16(13-24)23-20(25)19-11-14-5-1-2-9-18(14)27-19;/h1-2,5,9,11,15-17H,3-4,6-8,10,12-13,22H2,(H,23,25);1H/t15-,16?,17-;/m1./s1. The Morgan fingerprint density at radius 1 is 1.18 bits per heavy atom. The molecule has 1 aliphatic carbocycles. The van der Waals surface area contributed by atoms with Gasteiger partial charge in [-0.2, -0.15) is 0 Å². The molecule has 3 atom stereocenters. The summed E-state index contributed by atoms with van der Waals surface area (Å²) in [5, 5.41) is 3.96. The van der Waals surface area contributed by atoms with Crippen molar-refractivity contribution in [3.05, 3.63) is 36.1 Å². The zero-order valence-electron chi connectivity index (χ0n) is 15.9. The number of hydrogen-bond donors (Lipinski definition) is 2. The molecule has 0 spiro atoms. The molecule has 6 nitrogen and oxygen atoms in total. The number of nitrogens with one attached hydrogen (secondary N) is 1. The smallest absolute Gasteiger partial charge is 0.287 e. The Morgan fingerprint density at radius 3 is 2.79 bits per heavy atom. The van der Waals surface area contributed by atoms with Gasteiger partial charge in [0.25, 0.3) is 5.91 Å². The molecular formula is C21H28ClN3O3. The quantitative estimate of drug-likeness (QED) is 0.818. The third kappa shape index (κ3) is 4.18. The molecule has 2 fully saturated rings. The fourth-order valence-corrected chi connectivity index (χ4v) is 4.52. The van der Waals surface area contributed by atoms with Gasteiger partial charge in [0, 0.05) is 30.4 Å². The summed E-state index contributed by atoms with van der Waals surface area (Å²) in [7, 11) is 0. The third-order valence-corrected chi connectivity index (χ3v) is 6.00. The molecule has 152 valence electrons. The number of amides is 2. The van der Waals surface area contributed by atoms with E-state index < -0.39 is 0 Å². The van der Waals surface area contributed by atoms with Gasteiger partial charge >= 0.3 is 0 Å². The predicted octanol–water partition coefficient (Wildman–Crippen LogP) is 2.95. The SMILES string of the molecule is Cl.NC[C@H]1CCC[C@H]1C(=O)N1CCCC(NC(=O)c2cc3ccccc3o2)C1. The van der Waals surface area contributed by atoms with Gasteiger partial charge in [0.2, 0.25) is 5.91 Å². The number of fused-ring (bicyclic) bond motifs is 1. The van der Waals surface area contributed by atoms with E-state index in [1.54, 1.807) is 6.07 Å². The molecule has 1 aliphatic heterocycles. The van der Waals surface area contributed by atoms with Crippen LogP contribution in [0.2, 0.25) is 0 Å². The molecule has 28 heavy (non-hydrogen) atoms. The van der Waals surface area contributed by atoms with Crippen molar-refractivity contribution in [3.8, 4) is 0 Å². The van der Waals surface area contributed by atoms with Crippen molar-refractivity contribution in [2.24, 2.45) is 17.6 Å². The normalized spacial score (nSPS) is 24.8. The molecule has 2 heterocycles.